The van der Waals surface area contributed by atoms with E-state index in [4.69, 9.17) is 9.72 Å². The molecular weight excluding hydrogens is 336 g/mol. The molecule has 4 heterocycles. The Morgan fingerprint density at radius 1 is 1.20 bits per heavy atom. The van der Waals surface area contributed by atoms with Crippen LogP contribution < -0.4 is 14.7 Å². The van der Waals surface area contributed by atoms with Crippen molar-refractivity contribution in [2.24, 2.45) is 0 Å². The van der Waals surface area contributed by atoms with Crippen LogP contribution in [0.25, 0.3) is 0 Å². The van der Waals surface area contributed by atoms with Crippen molar-refractivity contribution in [2.75, 3.05) is 61.1 Å². The molecule has 2 aromatic heterocycles. The Labute approximate surface area is 152 Å². The SMILES string of the molecule is Cc1cnc(N2CCC(N(C)c3ccnc(N4CCOCC4)n3)C2)s1. The van der Waals surface area contributed by atoms with Crippen molar-refractivity contribution in [3.8, 4) is 0 Å². The molecule has 1 atom stereocenters. The highest BCUT2D eigenvalue weighted by Crippen LogP contribution is 2.28. The van der Waals surface area contributed by atoms with E-state index in [-0.39, 0.29) is 0 Å². The van der Waals surface area contributed by atoms with Gasteiger partial charge < -0.3 is 19.4 Å². The first kappa shape index (κ1) is 16.5. The smallest absolute Gasteiger partial charge is 0.227 e. The monoisotopic (exact) mass is 360 g/mol. The van der Waals surface area contributed by atoms with Gasteiger partial charge in [0.05, 0.1) is 13.2 Å². The summed E-state index contributed by atoms with van der Waals surface area (Å²) in [5.74, 6) is 1.79. The second-order valence-electron chi connectivity index (χ2n) is 6.57. The zero-order valence-corrected chi connectivity index (χ0v) is 15.6. The van der Waals surface area contributed by atoms with Crippen molar-refractivity contribution in [1.29, 1.82) is 0 Å². The second-order valence-corrected chi connectivity index (χ2v) is 7.78. The number of likely N-dealkylation sites (N-methyl/N-ethyl adjacent to an activating group) is 1. The van der Waals surface area contributed by atoms with E-state index in [1.807, 2.05) is 18.5 Å². The topological polar surface area (TPSA) is 57.6 Å². The van der Waals surface area contributed by atoms with Gasteiger partial charge in [0.15, 0.2) is 5.13 Å². The van der Waals surface area contributed by atoms with E-state index in [9.17, 15) is 0 Å². The van der Waals surface area contributed by atoms with Crippen molar-refractivity contribution in [3.63, 3.8) is 0 Å². The second kappa shape index (κ2) is 7.13. The van der Waals surface area contributed by atoms with Gasteiger partial charge in [-0.1, -0.05) is 0 Å². The highest BCUT2D eigenvalue weighted by Gasteiger charge is 2.28. The van der Waals surface area contributed by atoms with Gasteiger partial charge in [-0.15, -0.1) is 11.3 Å². The standard InChI is InChI=1S/C17H24N6OS/c1-13-11-19-17(25-13)23-6-4-14(12-23)21(2)15-3-5-18-16(20-15)22-7-9-24-10-8-22/h3,5,11,14H,4,6-10,12H2,1-2H3. The number of aryl methyl sites for hydroxylation is 1. The van der Waals surface area contributed by atoms with Crippen LogP contribution >= 0.6 is 11.3 Å². The summed E-state index contributed by atoms with van der Waals surface area (Å²) >= 11 is 1.77. The minimum Gasteiger partial charge on any atom is -0.378 e. The van der Waals surface area contributed by atoms with Crippen molar-refractivity contribution in [3.05, 3.63) is 23.3 Å². The summed E-state index contributed by atoms with van der Waals surface area (Å²) in [6, 6.07) is 2.44. The van der Waals surface area contributed by atoms with Crippen molar-refractivity contribution >= 4 is 28.2 Å². The fourth-order valence-corrected chi connectivity index (χ4v) is 4.15. The molecule has 0 aliphatic carbocycles. The van der Waals surface area contributed by atoms with Crippen LogP contribution in [0.15, 0.2) is 18.5 Å². The fraction of sp³-hybridized carbons (Fsp3) is 0.588. The number of hydrogen-bond donors (Lipinski definition) is 0. The van der Waals surface area contributed by atoms with Crippen LogP contribution in [0.1, 0.15) is 11.3 Å². The Bertz CT molecular complexity index is 717. The lowest BCUT2D eigenvalue weighted by molar-refractivity contribution is 0.122. The van der Waals surface area contributed by atoms with Gasteiger partial charge in [0.1, 0.15) is 5.82 Å². The van der Waals surface area contributed by atoms with Gasteiger partial charge in [-0.05, 0) is 19.4 Å². The molecule has 25 heavy (non-hydrogen) atoms. The molecule has 2 aliphatic rings. The van der Waals surface area contributed by atoms with Crippen LogP contribution in [0.3, 0.4) is 0 Å². The molecule has 2 saturated heterocycles. The maximum atomic E-state index is 5.42. The molecule has 2 aliphatic heterocycles. The predicted octanol–water partition coefficient (Wildman–Crippen LogP) is 1.79. The zero-order valence-electron chi connectivity index (χ0n) is 14.8. The molecule has 4 rings (SSSR count). The van der Waals surface area contributed by atoms with Gasteiger partial charge >= 0.3 is 0 Å². The fourth-order valence-electron chi connectivity index (χ4n) is 3.36. The van der Waals surface area contributed by atoms with E-state index in [2.05, 4.69) is 38.6 Å². The van der Waals surface area contributed by atoms with E-state index in [0.717, 1.165) is 62.7 Å². The quantitative estimate of drug-likeness (QED) is 0.824. The van der Waals surface area contributed by atoms with E-state index >= 15 is 0 Å². The molecule has 0 N–H and O–H groups in total. The van der Waals surface area contributed by atoms with Gasteiger partial charge in [-0.3, -0.25) is 0 Å². The first-order valence-electron chi connectivity index (χ1n) is 8.76. The first-order valence-corrected chi connectivity index (χ1v) is 9.58. The average molecular weight is 360 g/mol. The van der Waals surface area contributed by atoms with Crippen LogP contribution in [0.5, 0.6) is 0 Å². The van der Waals surface area contributed by atoms with Crippen LogP contribution in [-0.2, 0) is 4.74 Å². The number of morpholine rings is 1. The van der Waals surface area contributed by atoms with Crippen LogP contribution in [0, 0.1) is 6.92 Å². The number of hydrogen-bond acceptors (Lipinski definition) is 8. The molecule has 2 fully saturated rings. The molecule has 7 nitrogen and oxygen atoms in total. The lowest BCUT2D eigenvalue weighted by Crippen LogP contribution is -2.38. The van der Waals surface area contributed by atoms with Gasteiger partial charge in [0, 0.05) is 56.5 Å². The minimum atomic E-state index is 0.441. The number of rotatable bonds is 4. The van der Waals surface area contributed by atoms with Gasteiger partial charge in [-0.2, -0.15) is 4.98 Å². The Hall–Kier alpha value is -1.93. The highest BCUT2D eigenvalue weighted by molar-refractivity contribution is 7.15. The van der Waals surface area contributed by atoms with E-state index in [0.29, 0.717) is 6.04 Å². The number of nitrogens with zero attached hydrogens (tertiary/aromatic N) is 6. The first-order chi connectivity index (χ1) is 12.2. The number of anilines is 3. The summed E-state index contributed by atoms with van der Waals surface area (Å²) in [6.07, 6.45) is 4.93. The van der Waals surface area contributed by atoms with E-state index < -0.39 is 0 Å². The van der Waals surface area contributed by atoms with E-state index in [1.165, 1.54) is 4.88 Å². The molecule has 0 aromatic carbocycles. The minimum absolute atomic E-state index is 0.441. The third-order valence-corrected chi connectivity index (χ3v) is 5.85. The summed E-state index contributed by atoms with van der Waals surface area (Å²) in [7, 11) is 2.13. The highest BCUT2D eigenvalue weighted by atomic mass is 32.1. The molecule has 0 bridgehead atoms. The molecule has 0 amide bonds. The van der Waals surface area contributed by atoms with Gasteiger partial charge in [0.25, 0.3) is 0 Å². The van der Waals surface area contributed by atoms with Crippen molar-refractivity contribution in [1.82, 2.24) is 15.0 Å². The van der Waals surface area contributed by atoms with Gasteiger partial charge in [0.2, 0.25) is 5.95 Å². The molecule has 1 unspecified atom stereocenters. The Morgan fingerprint density at radius 2 is 2.04 bits per heavy atom. The lowest BCUT2D eigenvalue weighted by Gasteiger charge is -2.29. The molecule has 2 aromatic rings. The normalized spacial score (nSPS) is 21.0. The Morgan fingerprint density at radius 3 is 2.80 bits per heavy atom. The average Bonchev–Trinajstić information content (AvgIpc) is 3.31. The molecular formula is C17H24N6OS. The maximum absolute atomic E-state index is 5.42. The zero-order chi connectivity index (χ0) is 17.2. The summed E-state index contributed by atoms with van der Waals surface area (Å²) in [5.41, 5.74) is 0. The summed E-state index contributed by atoms with van der Waals surface area (Å²) in [5, 5.41) is 1.13. The number of aromatic nitrogens is 3. The van der Waals surface area contributed by atoms with E-state index in [1.54, 1.807) is 11.3 Å². The molecule has 8 heteroatoms. The lowest BCUT2D eigenvalue weighted by atomic mass is 10.2. The summed E-state index contributed by atoms with van der Waals surface area (Å²) in [4.78, 5) is 21.9. The maximum Gasteiger partial charge on any atom is 0.227 e. The Kier molecular flexibility index (Phi) is 4.72. The number of ether oxygens (including phenoxy) is 1. The Balaban J connectivity index is 1.45. The molecule has 134 valence electrons. The largest absolute Gasteiger partial charge is 0.378 e. The third kappa shape index (κ3) is 3.55. The third-order valence-electron chi connectivity index (χ3n) is 4.87. The predicted molar refractivity (Wildman–Crippen MR) is 101 cm³/mol. The van der Waals surface area contributed by atoms with Crippen LogP contribution in [-0.4, -0.2) is 67.4 Å². The molecule has 0 spiro atoms. The summed E-state index contributed by atoms with van der Waals surface area (Å²) < 4.78 is 5.42. The summed E-state index contributed by atoms with van der Waals surface area (Å²) in [6.45, 7) is 7.34. The molecule has 0 saturated carbocycles. The van der Waals surface area contributed by atoms with Crippen molar-refractivity contribution < 1.29 is 4.74 Å². The molecule has 0 radical (unpaired) electrons. The van der Waals surface area contributed by atoms with Crippen LogP contribution in [0.2, 0.25) is 0 Å². The number of thiazole rings is 1. The van der Waals surface area contributed by atoms with Crippen LogP contribution in [0.4, 0.5) is 16.9 Å². The van der Waals surface area contributed by atoms with Crippen molar-refractivity contribution in [2.45, 2.75) is 19.4 Å². The van der Waals surface area contributed by atoms with Gasteiger partial charge in [-0.25, -0.2) is 9.97 Å².